The van der Waals surface area contributed by atoms with Gasteiger partial charge in [-0.3, -0.25) is 4.79 Å². The van der Waals surface area contributed by atoms with E-state index in [1.165, 1.54) is 5.56 Å². The molecule has 1 N–H and O–H groups in total. The van der Waals surface area contributed by atoms with Crippen LogP contribution in [0, 0.1) is 6.92 Å². The van der Waals surface area contributed by atoms with Crippen LogP contribution in [-0.2, 0) is 4.79 Å². The lowest BCUT2D eigenvalue weighted by Crippen LogP contribution is -2.31. The Balaban J connectivity index is 1.48. The van der Waals surface area contributed by atoms with Crippen LogP contribution in [0.15, 0.2) is 54.1 Å². The molecule has 1 aliphatic heterocycles. The van der Waals surface area contributed by atoms with Gasteiger partial charge in [0.25, 0.3) is 5.91 Å². The second-order valence-electron chi connectivity index (χ2n) is 5.41. The first-order chi connectivity index (χ1) is 11.2. The van der Waals surface area contributed by atoms with Gasteiger partial charge in [-0.25, -0.2) is 0 Å². The van der Waals surface area contributed by atoms with E-state index in [4.69, 9.17) is 9.47 Å². The van der Waals surface area contributed by atoms with Crippen molar-refractivity contribution < 1.29 is 14.3 Å². The number of amides is 1. The van der Waals surface area contributed by atoms with E-state index in [9.17, 15) is 4.79 Å². The summed E-state index contributed by atoms with van der Waals surface area (Å²) in [6.07, 6.45) is 1.87. The van der Waals surface area contributed by atoms with E-state index in [0.717, 1.165) is 17.1 Å². The van der Waals surface area contributed by atoms with Crippen molar-refractivity contribution in [2.45, 2.75) is 6.92 Å². The minimum Gasteiger partial charge on any atom is -0.492 e. The first kappa shape index (κ1) is 15.2. The third kappa shape index (κ3) is 3.92. The Morgan fingerprint density at radius 2 is 1.96 bits per heavy atom. The fourth-order valence-electron chi connectivity index (χ4n) is 2.33. The molecule has 1 amide bonds. The number of carbonyl (C=O) groups is 1. The Morgan fingerprint density at radius 1 is 1.17 bits per heavy atom. The third-order valence-corrected chi connectivity index (χ3v) is 3.60. The molecule has 0 spiro atoms. The number of aryl methyl sites for hydroxylation is 1. The highest BCUT2D eigenvalue weighted by Crippen LogP contribution is 2.25. The Labute approximate surface area is 135 Å². The highest BCUT2D eigenvalue weighted by molar-refractivity contribution is 5.99. The summed E-state index contributed by atoms with van der Waals surface area (Å²) in [7, 11) is 0. The van der Waals surface area contributed by atoms with Gasteiger partial charge in [0.1, 0.15) is 24.7 Å². The Kier molecular flexibility index (Phi) is 4.62. The Bertz CT molecular complexity index is 720. The van der Waals surface area contributed by atoms with Crippen molar-refractivity contribution in [1.29, 1.82) is 0 Å². The highest BCUT2D eigenvalue weighted by Gasteiger charge is 2.16. The SMILES string of the molecule is Cc1ccc(OCCNC(=O)C2=Cc3ccccc3OC2)cc1. The molecule has 4 heteroatoms. The Morgan fingerprint density at radius 3 is 2.78 bits per heavy atom. The maximum atomic E-state index is 12.1. The maximum absolute atomic E-state index is 12.1. The first-order valence-corrected chi connectivity index (χ1v) is 7.62. The average Bonchev–Trinajstić information content (AvgIpc) is 2.59. The number of hydrogen-bond acceptors (Lipinski definition) is 3. The van der Waals surface area contributed by atoms with Crippen LogP contribution < -0.4 is 14.8 Å². The highest BCUT2D eigenvalue weighted by atomic mass is 16.5. The molecule has 1 heterocycles. The summed E-state index contributed by atoms with van der Waals surface area (Å²) in [6.45, 7) is 3.20. The van der Waals surface area contributed by atoms with E-state index in [2.05, 4.69) is 5.32 Å². The second kappa shape index (κ2) is 7.01. The van der Waals surface area contributed by atoms with Crippen molar-refractivity contribution in [1.82, 2.24) is 5.32 Å². The summed E-state index contributed by atoms with van der Waals surface area (Å²) in [5.41, 5.74) is 2.74. The van der Waals surface area contributed by atoms with E-state index in [0.29, 0.717) is 25.3 Å². The van der Waals surface area contributed by atoms with Crippen LogP contribution in [0.25, 0.3) is 6.08 Å². The minimum atomic E-state index is -0.119. The number of benzene rings is 2. The molecule has 0 saturated heterocycles. The normalized spacial score (nSPS) is 12.7. The summed E-state index contributed by atoms with van der Waals surface area (Å²) >= 11 is 0. The van der Waals surface area contributed by atoms with Crippen molar-refractivity contribution in [3.63, 3.8) is 0 Å². The number of hydrogen-bond donors (Lipinski definition) is 1. The van der Waals surface area contributed by atoms with Crippen molar-refractivity contribution in [2.75, 3.05) is 19.8 Å². The Hall–Kier alpha value is -2.75. The van der Waals surface area contributed by atoms with E-state index in [1.807, 2.05) is 61.5 Å². The molecule has 1 aliphatic rings. The monoisotopic (exact) mass is 309 g/mol. The van der Waals surface area contributed by atoms with Gasteiger partial charge in [0, 0.05) is 5.56 Å². The lowest BCUT2D eigenvalue weighted by molar-refractivity contribution is -0.117. The van der Waals surface area contributed by atoms with Crippen LogP contribution in [0.4, 0.5) is 0 Å². The number of carbonyl (C=O) groups excluding carboxylic acids is 1. The average molecular weight is 309 g/mol. The molecule has 0 saturated carbocycles. The molecule has 0 atom stereocenters. The van der Waals surface area contributed by atoms with Crippen LogP contribution in [0.3, 0.4) is 0 Å². The lowest BCUT2D eigenvalue weighted by Gasteiger charge is -2.17. The van der Waals surface area contributed by atoms with Gasteiger partial charge in [0.2, 0.25) is 0 Å². The molecule has 0 aliphatic carbocycles. The van der Waals surface area contributed by atoms with E-state index >= 15 is 0 Å². The second-order valence-corrected chi connectivity index (χ2v) is 5.41. The maximum Gasteiger partial charge on any atom is 0.250 e. The number of para-hydroxylation sites is 1. The van der Waals surface area contributed by atoms with E-state index < -0.39 is 0 Å². The summed E-state index contributed by atoms with van der Waals surface area (Å²) in [5, 5.41) is 2.85. The van der Waals surface area contributed by atoms with Gasteiger partial charge in [-0.05, 0) is 31.2 Å². The van der Waals surface area contributed by atoms with Crippen LogP contribution in [0.5, 0.6) is 11.5 Å². The van der Waals surface area contributed by atoms with Gasteiger partial charge in [-0.1, -0.05) is 35.9 Å². The van der Waals surface area contributed by atoms with Crippen molar-refractivity contribution in [2.24, 2.45) is 0 Å². The minimum absolute atomic E-state index is 0.119. The smallest absolute Gasteiger partial charge is 0.250 e. The first-order valence-electron chi connectivity index (χ1n) is 7.62. The van der Waals surface area contributed by atoms with E-state index in [1.54, 1.807) is 0 Å². The quantitative estimate of drug-likeness (QED) is 0.864. The predicted molar refractivity (Wildman–Crippen MR) is 89.6 cm³/mol. The molecule has 23 heavy (non-hydrogen) atoms. The molecule has 2 aromatic rings. The zero-order valence-electron chi connectivity index (χ0n) is 13.0. The van der Waals surface area contributed by atoms with Gasteiger partial charge >= 0.3 is 0 Å². The van der Waals surface area contributed by atoms with Crippen molar-refractivity contribution in [3.05, 3.63) is 65.2 Å². The van der Waals surface area contributed by atoms with Crippen LogP contribution in [0.2, 0.25) is 0 Å². The lowest BCUT2D eigenvalue weighted by atomic mass is 10.1. The standard InChI is InChI=1S/C19H19NO3/c1-14-6-8-17(9-7-14)22-11-10-20-19(21)16-12-15-4-2-3-5-18(15)23-13-16/h2-9,12H,10-11,13H2,1H3,(H,20,21). The molecule has 0 unspecified atom stereocenters. The van der Waals surface area contributed by atoms with Crippen molar-refractivity contribution >= 4 is 12.0 Å². The molecule has 3 rings (SSSR count). The summed E-state index contributed by atoms with van der Waals surface area (Å²) in [6, 6.07) is 15.5. The molecule has 0 bridgehead atoms. The van der Waals surface area contributed by atoms with Gasteiger partial charge in [0.15, 0.2) is 0 Å². The molecular weight excluding hydrogens is 290 g/mol. The number of fused-ring (bicyclic) bond motifs is 1. The number of ether oxygens (including phenoxy) is 2. The topological polar surface area (TPSA) is 47.6 Å². The van der Waals surface area contributed by atoms with Crippen LogP contribution in [0.1, 0.15) is 11.1 Å². The zero-order chi connectivity index (χ0) is 16.1. The predicted octanol–water partition coefficient (Wildman–Crippen LogP) is 2.97. The van der Waals surface area contributed by atoms with Gasteiger partial charge in [-0.15, -0.1) is 0 Å². The number of rotatable bonds is 5. The van der Waals surface area contributed by atoms with Crippen molar-refractivity contribution in [3.8, 4) is 11.5 Å². The molecule has 0 radical (unpaired) electrons. The molecule has 4 nitrogen and oxygen atoms in total. The fraction of sp³-hybridized carbons (Fsp3) is 0.211. The molecule has 0 fully saturated rings. The zero-order valence-corrected chi connectivity index (χ0v) is 13.0. The fourth-order valence-corrected chi connectivity index (χ4v) is 2.33. The van der Waals surface area contributed by atoms with Gasteiger partial charge < -0.3 is 14.8 Å². The number of nitrogens with one attached hydrogen (secondary N) is 1. The largest absolute Gasteiger partial charge is 0.492 e. The van der Waals surface area contributed by atoms with Gasteiger partial charge in [-0.2, -0.15) is 0 Å². The van der Waals surface area contributed by atoms with Crippen LogP contribution in [-0.4, -0.2) is 25.7 Å². The molecule has 118 valence electrons. The summed E-state index contributed by atoms with van der Waals surface area (Å²) < 4.78 is 11.2. The molecular formula is C19H19NO3. The third-order valence-electron chi connectivity index (χ3n) is 3.60. The summed E-state index contributed by atoms with van der Waals surface area (Å²) in [4.78, 5) is 12.1. The molecule has 2 aromatic carbocycles. The van der Waals surface area contributed by atoms with Gasteiger partial charge in [0.05, 0.1) is 12.1 Å². The summed E-state index contributed by atoms with van der Waals surface area (Å²) in [5.74, 6) is 1.50. The van der Waals surface area contributed by atoms with E-state index in [-0.39, 0.29) is 5.91 Å². The van der Waals surface area contributed by atoms with Crippen LogP contribution >= 0.6 is 0 Å². The molecule has 0 aromatic heterocycles.